The molecule has 1 N–H and O–H groups in total. The molecule has 20 heavy (non-hydrogen) atoms. The summed E-state index contributed by atoms with van der Waals surface area (Å²) in [5.41, 5.74) is 0. The zero-order chi connectivity index (χ0) is 15.7. The topological polar surface area (TPSA) is 63.6 Å². The fourth-order valence-electron chi connectivity index (χ4n) is 1.72. The highest BCUT2D eigenvalue weighted by Gasteiger charge is 2.02. The molecule has 0 bridgehead atoms. The predicted molar refractivity (Wildman–Crippen MR) is 85.3 cm³/mol. The van der Waals surface area contributed by atoms with Crippen molar-refractivity contribution in [2.45, 2.75) is 91.4 Å². The third-order valence-electron chi connectivity index (χ3n) is 2.94. The van der Waals surface area contributed by atoms with Crippen LogP contribution < -0.4 is 0 Å². The van der Waals surface area contributed by atoms with Crippen molar-refractivity contribution in [2.75, 3.05) is 6.61 Å². The van der Waals surface area contributed by atoms with Crippen LogP contribution in [0.3, 0.4) is 0 Å². The van der Waals surface area contributed by atoms with Gasteiger partial charge in [-0.25, -0.2) is 4.18 Å². The standard InChI is InChI=1S/C8H18O4S.C7H16/c1-2-3-4-5-6-7-8-12-13(9,10)11;1-3-5-7-6-4-2/h2-8H2,1H3,(H,9,10,11);3-7H2,1-2H3. The summed E-state index contributed by atoms with van der Waals surface area (Å²) in [6.07, 6.45) is 13.3. The lowest BCUT2D eigenvalue weighted by Gasteiger charge is -2.00. The van der Waals surface area contributed by atoms with Gasteiger partial charge in [0.25, 0.3) is 0 Å². The average Bonchev–Trinajstić information content (AvgIpc) is 2.38. The molecular formula is C15H34O4S. The molecule has 0 aromatic carbocycles. The van der Waals surface area contributed by atoms with E-state index in [-0.39, 0.29) is 6.61 Å². The van der Waals surface area contributed by atoms with E-state index in [1.807, 2.05) is 0 Å². The third-order valence-corrected chi connectivity index (χ3v) is 3.40. The van der Waals surface area contributed by atoms with Crippen LogP contribution in [0, 0.1) is 0 Å². The first-order chi connectivity index (χ1) is 9.47. The van der Waals surface area contributed by atoms with Gasteiger partial charge in [-0.15, -0.1) is 0 Å². The Labute approximate surface area is 126 Å². The highest BCUT2D eigenvalue weighted by molar-refractivity contribution is 7.80. The fourth-order valence-corrected chi connectivity index (χ4v) is 2.05. The molecule has 0 aromatic heterocycles. The van der Waals surface area contributed by atoms with Crippen molar-refractivity contribution in [1.29, 1.82) is 0 Å². The van der Waals surface area contributed by atoms with Crippen molar-refractivity contribution >= 4 is 10.4 Å². The van der Waals surface area contributed by atoms with Crippen molar-refractivity contribution in [3.05, 3.63) is 0 Å². The summed E-state index contributed by atoms with van der Waals surface area (Å²) in [5, 5.41) is 0. The summed E-state index contributed by atoms with van der Waals surface area (Å²) in [4.78, 5) is 0. The summed E-state index contributed by atoms with van der Waals surface area (Å²) in [7, 11) is -4.22. The van der Waals surface area contributed by atoms with Gasteiger partial charge in [-0.2, -0.15) is 8.42 Å². The van der Waals surface area contributed by atoms with Crippen molar-refractivity contribution in [2.24, 2.45) is 0 Å². The molecular weight excluding hydrogens is 276 g/mol. The van der Waals surface area contributed by atoms with Gasteiger partial charge in [0, 0.05) is 0 Å². The summed E-state index contributed by atoms with van der Waals surface area (Å²) in [5.74, 6) is 0. The van der Waals surface area contributed by atoms with Crippen LogP contribution in [-0.4, -0.2) is 19.6 Å². The smallest absolute Gasteiger partial charge is 0.264 e. The van der Waals surface area contributed by atoms with Crippen LogP contribution in [0.2, 0.25) is 0 Å². The Balaban J connectivity index is 0. The van der Waals surface area contributed by atoms with Crippen molar-refractivity contribution in [3.8, 4) is 0 Å². The van der Waals surface area contributed by atoms with Gasteiger partial charge in [-0.1, -0.05) is 85.0 Å². The first kappa shape index (κ1) is 22.2. The van der Waals surface area contributed by atoms with E-state index in [1.54, 1.807) is 0 Å². The van der Waals surface area contributed by atoms with Crippen LogP contribution in [0.5, 0.6) is 0 Å². The first-order valence-electron chi connectivity index (χ1n) is 8.09. The van der Waals surface area contributed by atoms with E-state index in [1.165, 1.54) is 51.4 Å². The lowest BCUT2D eigenvalue weighted by atomic mass is 10.1. The second-order valence-corrected chi connectivity index (χ2v) is 6.17. The number of hydrogen-bond acceptors (Lipinski definition) is 3. The monoisotopic (exact) mass is 310 g/mol. The van der Waals surface area contributed by atoms with Crippen LogP contribution in [0.25, 0.3) is 0 Å². The lowest BCUT2D eigenvalue weighted by molar-refractivity contribution is 0.261. The van der Waals surface area contributed by atoms with Gasteiger partial charge in [0.05, 0.1) is 6.61 Å². The van der Waals surface area contributed by atoms with Crippen molar-refractivity contribution in [3.63, 3.8) is 0 Å². The molecule has 0 rings (SSSR count). The van der Waals surface area contributed by atoms with E-state index in [2.05, 4.69) is 25.0 Å². The van der Waals surface area contributed by atoms with Crippen LogP contribution in [-0.2, 0) is 14.6 Å². The minimum absolute atomic E-state index is 0.0883. The molecule has 0 heterocycles. The highest BCUT2D eigenvalue weighted by Crippen LogP contribution is 2.05. The largest absolute Gasteiger partial charge is 0.397 e. The number of rotatable bonds is 12. The maximum absolute atomic E-state index is 10.1. The Morgan fingerprint density at radius 2 is 1.05 bits per heavy atom. The van der Waals surface area contributed by atoms with Crippen molar-refractivity contribution < 1.29 is 17.2 Å². The Hall–Kier alpha value is -0.130. The Morgan fingerprint density at radius 1 is 0.700 bits per heavy atom. The Kier molecular flexibility index (Phi) is 18.7. The van der Waals surface area contributed by atoms with E-state index >= 15 is 0 Å². The van der Waals surface area contributed by atoms with Crippen LogP contribution >= 0.6 is 0 Å². The average molecular weight is 310 g/mol. The zero-order valence-electron chi connectivity index (χ0n) is 13.6. The highest BCUT2D eigenvalue weighted by atomic mass is 32.3. The molecule has 0 unspecified atom stereocenters. The summed E-state index contributed by atoms with van der Waals surface area (Å²) in [6, 6.07) is 0. The Morgan fingerprint density at radius 3 is 1.45 bits per heavy atom. The molecule has 0 aliphatic heterocycles. The molecule has 4 nitrogen and oxygen atoms in total. The minimum Gasteiger partial charge on any atom is -0.264 e. The normalized spacial score (nSPS) is 11.0. The van der Waals surface area contributed by atoms with Gasteiger partial charge in [0.2, 0.25) is 0 Å². The van der Waals surface area contributed by atoms with E-state index in [4.69, 9.17) is 4.55 Å². The van der Waals surface area contributed by atoms with Crippen LogP contribution in [0.4, 0.5) is 0 Å². The summed E-state index contributed by atoms with van der Waals surface area (Å²) in [6.45, 7) is 6.72. The van der Waals surface area contributed by atoms with Crippen molar-refractivity contribution in [1.82, 2.24) is 0 Å². The minimum atomic E-state index is -4.22. The molecule has 0 atom stereocenters. The summed E-state index contributed by atoms with van der Waals surface area (Å²) < 4.78 is 32.6. The predicted octanol–water partition coefficient (Wildman–Crippen LogP) is 5.14. The van der Waals surface area contributed by atoms with Gasteiger partial charge >= 0.3 is 10.4 Å². The third kappa shape index (κ3) is 26.4. The second-order valence-electron chi connectivity index (χ2n) is 5.08. The molecule has 0 spiro atoms. The number of unbranched alkanes of at least 4 members (excludes halogenated alkanes) is 9. The molecule has 0 saturated carbocycles. The second kappa shape index (κ2) is 16.9. The Bertz CT molecular complexity index is 259. The molecule has 0 fully saturated rings. The van der Waals surface area contributed by atoms with E-state index in [0.29, 0.717) is 6.42 Å². The van der Waals surface area contributed by atoms with Gasteiger partial charge in [0.15, 0.2) is 0 Å². The van der Waals surface area contributed by atoms with E-state index in [0.717, 1.165) is 12.8 Å². The fraction of sp³-hybridized carbons (Fsp3) is 1.00. The molecule has 0 aliphatic carbocycles. The van der Waals surface area contributed by atoms with Gasteiger partial charge in [-0.3, -0.25) is 4.55 Å². The maximum atomic E-state index is 10.1. The molecule has 0 saturated heterocycles. The van der Waals surface area contributed by atoms with Gasteiger partial charge < -0.3 is 0 Å². The molecule has 124 valence electrons. The number of hydrogen-bond donors (Lipinski definition) is 1. The van der Waals surface area contributed by atoms with Crippen LogP contribution in [0.15, 0.2) is 0 Å². The maximum Gasteiger partial charge on any atom is 0.397 e. The molecule has 5 heteroatoms. The first-order valence-corrected chi connectivity index (χ1v) is 9.46. The molecule has 0 aliphatic rings. The lowest BCUT2D eigenvalue weighted by Crippen LogP contribution is -2.04. The summed E-state index contributed by atoms with van der Waals surface area (Å²) >= 11 is 0. The van der Waals surface area contributed by atoms with E-state index in [9.17, 15) is 8.42 Å². The SMILES string of the molecule is CCCCCCC.CCCCCCCCOS(=O)(=O)O. The molecule has 0 radical (unpaired) electrons. The molecule has 0 aromatic rings. The van der Waals surface area contributed by atoms with Gasteiger partial charge in [-0.05, 0) is 6.42 Å². The zero-order valence-corrected chi connectivity index (χ0v) is 14.4. The quantitative estimate of drug-likeness (QED) is 0.400. The van der Waals surface area contributed by atoms with E-state index < -0.39 is 10.4 Å². The van der Waals surface area contributed by atoms with Crippen LogP contribution in [0.1, 0.15) is 91.4 Å². The van der Waals surface area contributed by atoms with Gasteiger partial charge in [0.1, 0.15) is 0 Å². The molecule has 0 amide bonds.